The zero-order chi connectivity index (χ0) is 24.2. The zero-order valence-corrected chi connectivity index (χ0v) is 22.1. The lowest BCUT2D eigenvalue weighted by molar-refractivity contribution is 0.591. The van der Waals surface area contributed by atoms with Crippen LogP contribution in [0.5, 0.6) is 0 Å². The fourth-order valence-corrected chi connectivity index (χ4v) is 5.85. The smallest absolute Gasteiger partial charge is 0.147 e. The number of thiophene rings is 1. The molecule has 2 aromatic heterocycles. The molecule has 34 heavy (non-hydrogen) atoms. The standard InChI is InChI=1S/C31H34N2S/c1-19(2)22-11-10-12-23(20(3)4)29(22)33-27-14-9-8-13-26(27)32-30(33)25-18-34-28-17-21(31(5,6)7)15-16-24(25)28/h8-20H,1-7H3. The second-order valence-electron chi connectivity index (χ2n) is 11.0. The first-order valence-electron chi connectivity index (χ1n) is 12.3. The highest BCUT2D eigenvalue weighted by atomic mass is 32.1. The molecule has 2 nitrogen and oxygen atoms in total. The summed E-state index contributed by atoms with van der Waals surface area (Å²) in [5.74, 6) is 1.86. The van der Waals surface area contributed by atoms with Crippen molar-refractivity contribution in [2.45, 2.75) is 65.7 Å². The van der Waals surface area contributed by atoms with Gasteiger partial charge in [0, 0.05) is 21.0 Å². The highest BCUT2D eigenvalue weighted by Gasteiger charge is 2.24. The van der Waals surface area contributed by atoms with Crippen LogP contribution in [-0.2, 0) is 5.41 Å². The molecule has 0 fully saturated rings. The van der Waals surface area contributed by atoms with Gasteiger partial charge in [0.15, 0.2) is 0 Å². The van der Waals surface area contributed by atoms with Crippen molar-refractivity contribution in [1.82, 2.24) is 9.55 Å². The molecule has 0 N–H and O–H groups in total. The van der Waals surface area contributed by atoms with E-state index in [1.165, 1.54) is 38.0 Å². The molecule has 174 valence electrons. The van der Waals surface area contributed by atoms with Crippen LogP contribution in [0.1, 0.15) is 77.0 Å². The van der Waals surface area contributed by atoms with Crippen molar-refractivity contribution in [2.24, 2.45) is 0 Å². The fraction of sp³-hybridized carbons (Fsp3) is 0.323. The van der Waals surface area contributed by atoms with Gasteiger partial charge in [0.2, 0.25) is 0 Å². The molecule has 2 heterocycles. The van der Waals surface area contributed by atoms with Crippen molar-refractivity contribution in [1.29, 1.82) is 0 Å². The second kappa shape index (κ2) is 8.39. The van der Waals surface area contributed by atoms with Crippen molar-refractivity contribution >= 4 is 32.5 Å². The summed E-state index contributed by atoms with van der Waals surface area (Å²) in [6.07, 6.45) is 0. The number of nitrogens with zero attached hydrogens (tertiary/aromatic N) is 2. The largest absolute Gasteiger partial charge is 0.292 e. The molecular formula is C31H34N2S. The molecule has 0 spiro atoms. The Morgan fingerprint density at radius 1 is 0.824 bits per heavy atom. The molecule has 0 saturated carbocycles. The summed E-state index contributed by atoms with van der Waals surface area (Å²) in [4.78, 5) is 5.22. The van der Waals surface area contributed by atoms with Gasteiger partial charge in [-0.2, -0.15) is 0 Å². The summed E-state index contributed by atoms with van der Waals surface area (Å²) in [5.41, 5.74) is 8.94. The average Bonchev–Trinajstić information content (AvgIpc) is 3.38. The Kier molecular flexibility index (Phi) is 5.64. The maximum atomic E-state index is 5.22. The van der Waals surface area contributed by atoms with Crippen molar-refractivity contribution in [2.75, 3.05) is 0 Å². The Balaban J connectivity index is 1.86. The van der Waals surface area contributed by atoms with Gasteiger partial charge in [-0.25, -0.2) is 4.98 Å². The van der Waals surface area contributed by atoms with E-state index in [0.29, 0.717) is 11.8 Å². The summed E-state index contributed by atoms with van der Waals surface area (Å²) < 4.78 is 3.75. The SMILES string of the molecule is CC(C)c1cccc(C(C)C)c1-n1c(-c2csc3cc(C(C)(C)C)ccc23)nc2ccccc21. The molecule has 0 bridgehead atoms. The molecular weight excluding hydrogens is 432 g/mol. The van der Waals surface area contributed by atoms with E-state index in [-0.39, 0.29) is 5.41 Å². The predicted octanol–water partition coefficient (Wildman–Crippen LogP) is 9.45. The number of benzene rings is 3. The van der Waals surface area contributed by atoms with Crippen LogP contribution in [0.3, 0.4) is 0 Å². The number of rotatable bonds is 4. The fourth-order valence-electron chi connectivity index (χ4n) is 4.87. The lowest BCUT2D eigenvalue weighted by Crippen LogP contribution is -2.10. The van der Waals surface area contributed by atoms with Crippen molar-refractivity contribution in [3.8, 4) is 17.1 Å². The van der Waals surface area contributed by atoms with Gasteiger partial charge in [-0.3, -0.25) is 4.57 Å². The van der Waals surface area contributed by atoms with Crippen LogP contribution in [0, 0.1) is 0 Å². The van der Waals surface area contributed by atoms with Crippen molar-refractivity contribution < 1.29 is 0 Å². The summed E-state index contributed by atoms with van der Waals surface area (Å²) in [5, 5.41) is 3.57. The van der Waals surface area contributed by atoms with Gasteiger partial charge in [-0.1, -0.05) is 90.9 Å². The van der Waals surface area contributed by atoms with E-state index >= 15 is 0 Å². The number of imidazole rings is 1. The van der Waals surface area contributed by atoms with Crippen LogP contribution in [0.25, 0.3) is 38.2 Å². The number of aromatic nitrogens is 2. The van der Waals surface area contributed by atoms with Gasteiger partial charge in [0.05, 0.1) is 16.7 Å². The Bertz CT molecular complexity index is 1470. The average molecular weight is 467 g/mol. The number of hydrogen-bond donors (Lipinski definition) is 0. The first-order chi connectivity index (χ1) is 16.2. The number of fused-ring (bicyclic) bond motifs is 2. The molecule has 5 rings (SSSR count). The van der Waals surface area contributed by atoms with Crippen LogP contribution in [0.4, 0.5) is 0 Å². The lowest BCUT2D eigenvalue weighted by atomic mass is 9.87. The normalized spacial score (nSPS) is 12.5. The van der Waals surface area contributed by atoms with Crippen LogP contribution in [0.2, 0.25) is 0 Å². The molecule has 0 unspecified atom stereocenters. The quantitative estimate of drug-likeness (QED) is 0.258. The summed E-state index contributed by atoms with van der Waals surface area (Å²) in [6.45, 7) is 16.0. The minimum atomic E-state index is 0.133. The van der Waals surface area contributed by atoms with Gasteiger partial charge in [-0.15, -0.1) is 11.3 Å². The lowest BCUT2D eigenvalue weighted by Gasteiger charge is -2.22. The third-order valence-electron chi connectivity index (χ3n) is 6.81. The van der Waals surface area contributed by atoms with Crippen LogP contribution in [-0.4, -0.2) is 9.55 Å². The number of hydrogen-bond acceptors (Lipinski definition) is 2. The molecule has 0 atom stereocenters. The Hall–Kier alpha value is -2.91. The molecule has 3 aromatic carbocycles. The highest BCUT2D eigenvalue weighted by molar-refractivity contribution is 7.17. The third-order valence-corrected chi connectivity index (χ3v) is 7.75. The van der Waals surface area contributed by atoms with Crippen LogP contribution in [0.15, 0.2) is 66.0 Å². The van der Waals surface area contributed by atoms with Gasteiger partial charge < -0.3 is 0 Å². The Labute approximate surface area is 207 Å². The summed E-state index contributed by atoms with van der Waals surface area (Å²) in [6, 6.07) is 22.3. The Morgan fingerprint density at radius 2 is 1.50 bits per heavy atom. The van der Waals surface area contributed by atoms with E-state index in [2.05, 4.69) is 119 Å². The minimum absolute atomic E-state index is 0.133. The topological polar surface area (TPSA) is 17.8 Å². The molecule has 0 aliphatic heterocycles. The third kappa shape index (κ3) is 3.76. The van der Waals surface area contributed by atoms with Gasteiger partial charge in [0.1, 0.15) is 5.82 Å². The first kappa shape index (κ1) is 22.9. The predicted molar refractivity (Wildman–Crippen MR) is 149 cm³/mol. The van der Waals surface area contributed by atoms with Crippen molar-refractivity contribution in [3.05, 3.63) is 82.7 Å². The van der Waals surface area contributed by atoms with E-state index in [1.54, 1.807) is 0 Å². The second-order valence-corrected chi connectivity index (χ2v) is 11.9. The minimum Gasteiger partial charge on any atom is -0.292 e. The zero-order valence-electron chi connectivity index (χ0n) is 21.3. The summed E-state index contributed by atoms with van der Waals surface area (Å²) >= 11 is 1.82. The van der Waals surface area contributed by atoms with E-state index in [4.69, 9.17) is 4.98 Å². The van der Waals surface area contributed by atoms with Crippen LogP contribution < -0.4 is 0 Å². The maximum Gasteiger partial charge on any atom is 0.147 e. The first-order valence-corrected chi connectivity index (χ1v) is 13.2. The Morgan fingerprint density at radius 3 is 2.15 bits per heavy atom. The summed E-state index contributed by atoms with van der Waals surface area (Å²) in [7, 11) is 0. The van der Waals surface area contributed by atoms with E-state index in [9.17, 15) is 0 Å². The van der Waals surface area contributed by atoms with Gasteiger partial charge in [0.25, 0.3) is 0 Å². The molecule has 0 amide bonds. The molecule has 5 aromatic rings. The van der Waals surface area contributed by atoms with Crippen LogP contribution >= 0.6 is 11.3 Å². The highest BCUT2D eigenvalue weighted by Crippen LogP contribution is 2.41. The van der Waals surface area contributed by atoms with Gasteiger partial charge >= 0.3 is 0 Å². The molecule has 3 heteroatoms. The molecule has 0 aliphatic rings. The van der Waals surface area contributed by atoms with E-state index < -0.39 is 0 Å². The van der Waals surface area contributed by atoms with E-state index in [1.807, 2.05) is 11.3 Å². The molecule has 0 saturated heterocycles. The molecule has 0 radical (unpaired) electrons. The number of para-hydroxylation sites is 3. The van der Waals surface area contributed by atoms with Gasteiger partial charge in [-0.05, 0) is 52.1 Å². The van der Waals surface area contributed by atoms with E-state index in [0.717, 1.165) is 16.9 Å². The van der Waals surface area contributed by atoms with Crippen molar-refractivity contribution in [3.63, 3.8) is 0 Å². The monoisotopic (exact) mass is 466 g/mol. The molecule has 0 aliphatic carbocycles. The maximum absolute atomic E-state index is 5.22.